The van der Waals surface area contributed by atoms with Crippen molar-refractivity contribution in [2.24, 2.45) is 11.1 Å². The third-order valence-corrected chi connectivity index (χ3v) is 5.96. The zero-order valence-corrected chi connectivity index (χ0v) is 11.7. The van der Waals surface area contributed by atoms with Crippen molar-refractivity contribution in [1.29, 1.82) is 0 Å². The summed E-state index contributed by atoms with van der Waals surface area (Å²) in [5.41, 5.74) is 8.24. The van der Waals surface area contributed by atoms with Crippen LogP contribution in [0, 0.1) is 5.41 Å². The van der Waals surface area contributed by atoms with Gasteiger partial charge in [-0.05, 0) is 26.2 Å². The van der Waals surface area contributed by atoms with E-state index in [1.807, 2.05) is 0 Å². The van der Waals surface area contributed by atoms with Gasteiger partial charge in [0.15, 0.2) is 0 Å². The van der Waals surface area contributed by atoms with E-state index in [1.165, 1.54) is 18.4 Å². The van der Waals surface area contributed by atoms with Gasteiger partial charge in [-0.3, -0.25) is 0 Å². The van der Waals surface area contributed by atoms with Gasteiger partial charge < -0.3 is 10.5 Å². The predicted molar refractivity (Wildman–Crippen MR) is 74.3 cm³/mol. The second-order valence-corrected chi connectivity index (χ2v) is 6.59. The molecule has 1 saturated carbocycles. The molecule has 0 radical (unpaired) electrons. The quantitative estimate of drug-likeness (QED) is 0.771. The van der Waals surface area contributed by atoms with Crippen LogP contribution in [0.5, 0.6) is 0 Å². The number of ether oxygens (including phenoxy) is 1. The first kappa shape index (κ1) is 12.4. The molecule has 0 bridgehead atoms. The Balaban J connectivity index is 2.02. The maximum atomic E-state index is 7.00. The minimum Gasteiger partial charge on any atom is -0.373 e. The summed E-state index contributed by atoms with van der Waals surface area (Å²) in [6.07, 6.45) is 13.6. The normalized spacial score (nSPS) is 47.8. The Morgan fingerprint density at radius 2 is 1.94 bits per heavy atom. The Labute approximate surface area is 110 Å². The molecule has 0 aromatic rings. The third kappa shape index (κ3) is 1.36. The van der Waals surface area contributed by atoms with Crippen LogP contribution in [0.25, 0.3) is 0 Å². The maximum absolute atomic E-state index is 7.00. The van der Waals surface area contributed by atoms with Gasteiger partial charge in [0.05, 0.1) is 17.7 Å². The van der Waals surface area contributed by atoms with Crippen molar-refractivity contribution in [2.75, 3.05) is 6.61 Å². The molecule has 1 saturated heterocycles. The summed E-state index contributed by atoms with van der Waals surface area (Å²) in [6.45, 7) is 5.48. The summed E-state index contributed by atoms with van der Waals surface area (Å²) in [5, 5.41) is 0. The summed E-state index contributed by atoms with van der Waals surface area (Å²) in [5.74, 6) is 0. The van der Waals surface area contributed by atoms with Gasteiger partial charge in [-0.25, -0.2) is 0 Å². The first-order chi connectivity index (χ1) is 8.54. The number of nitrogens with two attached hydrogens (primary N) is 1. The van der Waals surface area contributed by atoms with Crippen molar-refractivity contribution < 1.29 is 4.74 Å². The largest absolute Gasteiger partial charge is 0.373 e. The van der Waals surface area contributed by atoms with Crippen LogP contribution in [0.1, 0.15) is 52.4 Å². The zero-order chi connectivity index (χ0) is 12.9. The van der Waals surface area contributed by atoms with Crippen LogP contribution in [0.4, 0.5) is 0 Å². The van der Waals surface area contributed by atoms with Crippen molar-refractivity contribution in [3.05, 3.63) is 23.8 Å². The van der Waals surface area contributed by atoms with Crippen LogP contribution >= 0.6 is 0 Å². The van der Waals surface area contributed by atoms with Crippen molar-refractivity contribution in [2.45, 2.75) is 63.5 Å². The minimum atomic E-state index is -0.193. The molecule has 2 heteroatoms. The van der Waals surface area contributed by atoms with E-state index in [0.717, 1.165) is 32.3 Å². The summed E-state index contributed by atoms with van der Waals surface area (Å²) in [4.78, 5) is 0. The molecule has 3 rings (SSSR count). The Hall–Kier alpha value is -0.600. The van der Waals surface area contributed by atoms with E-state index in [2.05, 4.69) is 32.1 Å². The summed E-state index contributed by atoms with van der Waals surface area (Å²) in [6, 6.07) is 0. The van der Waals surface area contributed by atoms with Crippen LogP contribution in [-0.2, 0) is 4.74 Å². The fraction of sp³-hybridized carbons (Fsp3) is 0.750. The lowest BCUT2D eigenvalue weighted by molar-refractivity contribution is -0.227. The summed E-state index contributed by atoms with van der Waals surface area (Å²) < 4.78 is 6.07. The van der Waals surface area contributed by atoms with Crippen molar-refractivity contribution in [3.63, 3.8) is 0 Å². The third-order valence-electron chi connectivity index (χ3n) is 5.96. The zero-order valence-electron chi connectivity index (χ0n) is 11.7. The van der Waals surface area contributed by atoms with E-state index in [1.54, 1.807) is 0 Å². The van der Waals surface area contributed by atoms with Crippen LogP contribution in [-0.4, -0.2) is 17.7 Å². The van der Waals surface area contributed by atoms with Gasteiger partial charge in [0.1, 0.15) is 0 Å². The molecule has 3 atom stereocenters. The van der Waals surface area contributed by atoms with Crippen LogP contribution < -0.4 is 5.73 Å². The van der Waals surface area contributed by atoms with E-state index >= 15 is 0 Å². The van der Waals surface area contributed by atoms with Gasteiger partial charge in [0.2, 0.25) is 0 Å². The van der Waals surface area contributed by atoms with Crippen LogP contribution in [0.2, 0.25) is 0 Å². The molecule has 0 aromatic carbocycles. The molecule has 1 aliphatic heterocycles. The molecule has 0 amide bonds. The highest BCUT2D eigenvalue weighted by Gasteiger charge is 2.63. The smallest absolute Gasteiger partial charge is 0.0891 e. The average molecular weight is 247 g/mol. The van der Waals surface area contributed by atoms with E-state index in [9.17, 15) is 0 Å². The van der Waals surface area contributed by atoms with E-state index in [4.69, 9.17) is 10.5 Å². The highest BCUT2D eigenvalue weighted by molar-refractivity contribution is 5.33. The lowest BCUT2D eigenvalue weighted by Gasteiger charge is -2.63. The molecule has 18 heavy (non-hydrogen) atoms. The molecular weight excluding hydrogens is 222 g/mol. The van der Waals surface area contributed by atoms with Crippen molar-refractivity contribution in [1.82, 2.24) is 0 Å². The highest BCUT2D eigenvalue weighted by Crippen LogP contribution is 2.57. The van der Waals surface area contributed by atoms with Crippen molar-refractivity contribution >= 4 is 0 Å². The number of allylic oxidation sites excluding steroid dienone is 3. The van der Waals surface area contributed by atoms with E-state index in [-0.39, 0.29) is 16.6 Å². The number of hydrogen-bond donors (Lipinski definition) is 1. The Morgan fingerprint density at radius 1 is 1.22 bits per heavy atom. The molecule has 2 N–H and O–H groups in total. The molecule has 2 unspecified atom stereocenters. The van der Waals surface area contributed by atoms with Crippen molar-refractivity contribution in [3.8, 4) is 0 Å². The molecule has 0 aromatic heterocycles. The Morgan fingerprint density at radius 3 is 2.56 bits per heavy atom. The Kier molecular flexibility index (Phi) is 2.73. The molecule has 100 valence electrons. The highest BCUT2D eigenvalue weighted by atomic mass is 16.5. The van der Waals surface area contributed by atoms with Gasteiger partial charge >= 0.3 is 0 Å². The molecule has 3 aliphatic rings. The fourth-order valence-corrected chi connectivity index (χ4v) is 4.34. The lowest BCUT2D eigenvalue weighted by atomic mass is 9.51. The van der Waals surface area contributed by atoms with E-state index in [0.29, 0.717) is 0 Å². The van der Waals surface area contributed by atoms with Gasteiger partial charge in [-0.15, -0.1) is 0 Å². The standard InChI is InChI=1S/C16H25NO/c1-13-7-3-4-8-14(13,2)16(17)10-6-5-9-15(16)11-12-18-15/h3-4,7H,5-6,8-12,17H2,1-2H3/t14?,15?,16-/m0/s1. The lowest BCUT2D eigenvalue weighted by Crippen LogP contribution is -2.74. The van der Waals surface area contributed by atoms with Gasteiger partial charge in [-0.2, -0.15) is 0 Å². The molecular formula is C16H25NO. The predicted octanol–water partition coefficient (Wildman–Crippen LogP) is 3.33. The molecule has 2 aliphatic carbocycles. The SMILES string of the molecule is CC1=CC=CCC1(C)[C@@]1(N)CCCCC12CCO2. The summed E-state index contributed by atoms with van der Waals surface area (Å²) >= 11 is 0. The second-order valence-electron chi connectivity index (χ2n) is 6.59. The second kappa shape index (κ2) is 3.94. The van der Waals surface area contributed by atoms with Crippen LogP contribution in [0.3, 0.4) is 0 Å². The number of rotatable bonds is 1. The van der Waals surface area contributed by atoms with Crippen LogP contribution in [0.15, 0.2) is 23.8 Å². The first-order valence-corrected chi connectivity index (χ1v) is 7.31. The molecule has 1 spiro atoms. The average Bonchev–Trinajstić information content (AvgIpc) is 2.31. The van der Waals surface area contributed by atoms with Gasteiger partial charge in [0, 0.05) is 11.8 Å². The topological polar surface area (TPSA) is 35.2 Å². The molecule has 2 fully saturated rings. The molecule has 1 heterocycles. The summed E-state index contributed by atoms with van der Waals surface area (Å²) in [7, 11) is 0. The Bertz CT molecular complexity index is 407. The minimum absolute atomic E-state index is 0.0414. The van der Waals surface area contributed by atoms with Gasteiger partial charge in [0.25, 0.3) is 0 Å². The molecule has 2 nitrogen and oxygen atoms in total. The first-order valence-electron chi connectivity index (χ1n) is 7.31. The maximum Gasteiger partial charge on any atom is 0.0891 e. The van der Waals surface area contributed by atoms with Gasteiger partial charge in [-0.1, -0.05) is 43.6 Å². The van der Waals surface area contributed by atoms with E-state index < -0.39 is 0 Å². The fourth-order valence-electron chi connectivity index (χ4n) is 4.34. The number of hydrogen-bond acceptors (Lipinski definition) is 2. The monoisotopic (exact) mass is 247 g/mol.